The summed E-state index contributed by atoms with van der Waals surface area (Å²) >= 11 is 0. The van der Waals surface area contributed by atoms with E-state index in [0.717, 1.165) is 25.1 Å². The summed E-state index contributed by atoms with van der Waals surface area (Å²) in [6, 6.07) is 3.70. The minimum Gasteiger partial charge on any atom is -0.380 e. The van der Waals surface area contributed by atoms with E-state index in [1.54, 1.807) is 11.0 Å². The number of likely N-dealkylation sites (tertiary alicyclic amines) is 1. The highest BCUT2D eigenvalue weighted by Gasteiger charge is 2.22. The number of halogens is 2. The van der Waals surface area contributed by atoms with Crippen LogP contribution in [-0.4, -0.2) is 30.4 Å². The molecule has 6 heteroatoms. The van der Waals surface area contributed by atoms with Gasteiger partial charge in [-0.3, -0.25) is 4.79 Å². The van der Waals surface area contributed by atoms with E-state index in [0.29, 0.717) is 19.5 Å². The van der Waals surface area contributed by atoms with Crippen LogP contribution in [0.5, 0.6) is 0 Å². The summed E-state index contributed by atoms with van der Waals surface area (Å²) in [4.78, 5) is 13.3. The van der Waals surface area contributed by atoms with Gasteiger partial charge in [0, 0.05) is 26.1 Å². The van der Waals surface area contributed by atoms with Gasteiger partial charge in [0.05, 0.1) is 11.6 Å². The van der Waals surface area contributed by atoms with Crippen molar-refractivity contribution >= 4 is 11.6 Å². The highest BCUT2D eigenvalue weighted by Crippen LogP contribution is 2.21. The number of anilines is 1. The van der Waals surface area contributed by atoms with Crippen LogP contribution in [0.15, 0.2) is 12.1 Å². The van der Waals surface area contributed by atoms with Crippen molar-refractivity contribution in [1.82, 2.24) is 4.90 Å². The number of carbonyl (C=O) groups excluding carboxylic acids is 1. The summed E-state index contributed by atoms with van der Waals surface area (Å²) in [7, 11) is 0. The van der Waals surface area contributed by atoms with Crippen LogP contribution in [0.1, 0.15) is 25.3 Å². The van der Waals surface area contributed by atoms with Gasteiger partial charge in [-0.05, 0) is 24.5 Å². The molecule has 1 N–H and O–H groups in total. The third-order valence-corrected chi connectivity index (χ3v) is 3.50. The monoisotopic (exact) mass is 293 g/mol. The number of rotatable bonds is 5. The Morgan fingerprint density at radius 1 is 1.43 bits per heavy atom. The molecule has 21 heavy (non-hydrogen) atoms. The van der Waals surface area contributed by atoms with E-state index in [1.165, 1.54) is 0 Å². The van der Waals surface area contributed by atoms with Crippen LogP contribution >= 0.6 is 0 Å². The standard InChI is InChI=1S/C15H17F2N3O/c1-10(9-20-4-2-3-14(20)21)8-19-15-12(16)5-11(7-18)6-13(15)17/h5-6,10,19H,2-4,8-9H2,1H3/t10-/m1/s1. The fraction of sp³-hybridized carbons (Fsp3) is 0.467. The van der Waals surface area contributed by atoms with Crippen LogP contribution < -0.4 is 5.32 Å². The van der Waals surface area contributed by atoms with Crippen molar-refractivity contribution in [2.24, 2.45) is 5.92 Å². The maximum Gasteiger partial charge on any atom is 0.222 e. The zero-order chi connectivity index (χ0) is 15.4. The Morgan fingerprint density at radius 2 is 2.10 bits per heavy atom. The zero-order valence-corrected chi connectivity index (χ0v) is 11.8. The van der Waals surface area contributed by atoms with Gasteiger partial charge in [0.1, 0.15) is 5.69 Å². The molecule has 0 unspecified atom stereocenters. The van der Waals surface area contributed by atoms with Gasteiger partial charge >= 0.3 is 0 Å². The molecule has 4 nitrogen and oxygen atoms in total. The number of benzene rings is 1. The lowest BCUT2D eigenvalue weighted by molar-refractivity contribution is -0.128. The number of nitriles is 1. The highest BCUT2D eigenvalue weighted by atomic mass is 19.1. The normalized spacial score (nSPS) is 15.9. The number of nitrogens with one attached hydrogen (secondary N) is 1. The quantitative estimate of drug-likeness (QED) is 0.907. The van der Waals surface area contributed by atoms with Gasteiger partial charge in [-0.2, -0.15) is 5.26 Å². The van der Waals surface area contributed by atoms with Crippen molar-refractivity contribution in [2.75, 3.05) is 25.0 Å². The van der Waals surface area contributed by atoms with Crippen LogP contribution in [0.2, 0.25) is 0 Å². The number of amides is 1. The summed E-state index contributed by atoms with van der Waals surface area (Å²) in [5.74, 6) is -1.36. The molecule has 1 fully saturated rings. The van der Waals surface area contributed by atoms with Crippen molar-refractivity contribution in [3.05, 3.63) is 29.3 Å². The average molecular weight is 293 g/mol. The summed E-state index contributed by atoms with van der Waals surface area (Å²) in [6.45, 7) is 3.59. The minimum atomic E-state index is -0.781. The number of carbonyl (C=O) groups is 1. The van der Waals surface area contributed by atoms with Gasteiger partial charge < -0.3 is 10.2 Å². The first-order chi connectivity index (χ1) is 10.0. The summed E-state index contributed by atoms with van der Waals surface area (Å²) in [5.41, 5.74) is -0.278. The van der Waals surface area contributed by atoms with E-state index in [9.17, 15) is 13.6 Å². The van der Waals surface area contributed by atoms with Crippen LogP contribution in [-0.2, 0) is 4.79 Å². The maximum absolute atomic E-state index is 13.7. The second-order valence-electron chi connectivity index (χ2n) is 5.36. The molecule has 0 spiro atoms. The fourth-order valence-corrected chi connectivity index (χ4v) is 2.42. The largest absolute Gasteiger partial charge is 0.380 e. The Kier molecular flexibility index (Phi) is 4.73. The third kappa shape index (κ3) is 3.69. The fourth-order valence-electron chi connectivity index (χ4n) is 2.42. The molecule has 0 radical (unpaired) electrons. The van der Waals surface area contributed by atoms with E-state index < -0.39 is 11.6 Å². The smallest absolute Gasteiger partial charge is 0.222 e. The van der Waals surface area contributed by atoms with Gasteiger partial charge in [0.25, 0.3) is 0 Å². The van der Waals surface area contributed by atoms with E-state index in [4.69, 9.17) is 5.26 Å². The first-order valence-corrected chi connectivity index (χ1v) is 6.92. The van der Waals surface area contributed by atoms with Crippen molar-refractivity contribution in [3.8, 4) is 6.07 Å². The van der Waals surface area contributed by atoms with Crippen LogP contribution in [0.4, 0.5) is 14.5 Å². The van der Waals surface area contributed by atoms with E-state index in [-0.39, 0.29) is 23.1 Å². The zero-order valence-electron chi connectivity index (χ0n) is 11.8. The molecule has 0 bridgehead atoms. The molecule has 0 aromatic heterocycles. The molecular weight excluding hydrogens is 276 g/mol. The molecule has 0 saturated carbocycles. The predicted octanol–water partition coefficient (Wildman–Crippen LogP) is 2.51. The van der Waals surface area contributed by atoms with Gasteiger partial charge in [-0.25, -0.2) is 8.78 Å². The Balaban J connectivity index is 1.94. The summed E-state index contributed by atoms with van der Waals surface area (Å²) in [5, 5.41) is 11.4. The third-order valence-electron chi connectivity index (χ3n) is 3.50. The number of nitrogens with zero attached hydrogens (tertiary/aromatic N) is 2. The molecule has 0 aliphatic carbocycles. The van der Waals surface area contributed by atoms with Crippen molar-refractivity contribution < 1.29 is 13.6 Å². The van der Waals surface area contributed by atoms with Crippen LogP contribution in [0.25, 0.3) is 0 Å². The van der Waals surface area contributed by atoms with Crippen LogP contribution in [0.3, 0.4) is 0 Å². The van der Waals surface area contributed by atoms with Gasteiger partial charge in [0.15, 0.2) is 11.6 Å². The predicted molar refractivity (Wildman–Crippen MR) is 74.5 cm³/mol. The molecule has 2 rings (SSSR count). The summed E-state index contributed by atoms with van der Waals surface area (Å²) in [6.07, 6.45) is 1.46. The van der Waals surface area contributed by atoms with E-state index in [1.807, 2.05) is 6.92 Å². The van der Waals surface area contributed by atoms with Crippen molar-refractivity contribution in [1.29, 1.82) is 5.26 Å². The maximum atomic E-state index is 13.7. The Hall–Kier alpha value is -2.16. The molecule has 1 aromatic carbocycles. The SMILES string of the molecule is C[C@H](CNc1c(F)cc(C#N)cc1F)CN1CCCC1=O. The Morgan fingerprint density at radius 3 is 2.62 bits per heavy atom. The average Bonchev–Trinajstić information content (AvgIpc) is 2.83. The molecule has 1 saturated heterocycles. The minimum absolute atomic E-state index is 0.0498. The molecule has 1 amide bonds. The second kappa shape index (κ2) is 6.53. The topological polar surface area (TPSA) is 56.1 Å². The summed E-state index contributed by atoms with van der Waals surface area (Å²) < 4.78 is 27.4. The number of hydrogen-bond donors (Lipinski definition) is 1. The lowest BCUT2D eigenvalue weighted by Crippen LogP contribution is -2.32. The van der Waals surface area contributed by atoms with Crippen LogP contribution in [0, 0.1) is 28.9 Å². The van der Waals surface area contributed by atoms with Gasteiger partial charge in [-0.1, -0.05) is 6.92 Å². The van der Waals surface area contributed by atoms with Crippen molar-refractivity contribution in [2.45, 2.75) is 19.8 Å². The molecule has 1 aliphatic heterocycles. The molecule has 1 heterocycles. The lowest BCUT2D eigenvalue weighted by atomic mass is 10.1. The Labute approximate surface area is 122 Å². The van der Waals surface area contributed by atoms with Crippen molar-refractivity contribution in [3.63, 3.8) is 0 Å². The van der Waals surface area contributed by atoms with Gasteiger partial charge in [0.2, 0.25) is 5.91 Å². The molecule has 1 atom stereocenters. The first kappa shape index (κ1) is 15.2. The van der Waals surface area contributed by atoms with E-state index >= 15 is 0 Å². The molecule has 1 aliphatic rings. The second-order valence-corrected chi connectivity index (χ2v) is 5.36. The molecule has 1 aromatic rings. The number of hydrogen-bond acceptors (Lipinski definition) is 3. The van der Waals surface area contributed by atoms with Gasteiger partial charge in [-0.15, -0.1) is 0 Å². The lowest BCUT2D eigenvalue weighted by Gasteiger charge is -2.21. The Bertz CT molecular complexity index is 560. The molecular formula is C15H17F2N3O. The highest BCUT2D eigenvalue weighted by molar-refractivity contribution is 5.78. The van der Waals surface area contributed by atoms with E-state index in [2.05, 4.69) is 5.32 Å². The molecule has 112 valence electrons. The first-order valence-electron chi connectivity index (χ1n) is 6.92.